The largest absolute Gasteiger partial charge is 0.495 e. The Morgan fingerprint density at radius 3 is 3.08 bits per heavy atom. The van der Waals surface area contributed by atoms with Crippen molar-refractivity contribution in [2.24, 2.45) is 0 Å². The molecule has 1 aromatic heterocycles. The number of ether oxygens (including phenoxy) is 1. The number of hydrogen-bond donors (Lipinski definition) is 0. The first-order valence-electron chi connectivity index (χ1n) is 3.37. The van der Waals surface area contributed by atoms with Gasteiger partial charge in [-0.15, -0.1) is 0 Å². The van der Waals surface area contributed by atoms with Crippen molar-refractivity contribution in [3.05, 3.63) is 36.2 Å². The smallest absolute Gasteiger partial charge is 0.137 e. The molecule has 1 rings (SSSR count). The van der Waals surface area contributed by atoms with Crippen LogP contribution in [0.5, 0.6) is 0 Å². The summed E-state index contributed by atoms with van der Waals surface area (Å²) in [4.78, 5) is 3.98. The summed E-state index contributed by atoms with van der Waals surface area (Å²) >= 11 is 0. The highest BCUT2D eigenvalue weighted by molar-refractivity contribution is 5.54. The molecule has 1 aromatic rings. The van der Waals surface area contributed by atoms with E-state index in [9.17, 15) is 0 Å². The maximum absolute atomic E-state index is 8.57. The van der Waals surface area contributed by atoms with Gasteiger partial charge in [-0.05, 0) is 12.1 Å². The fourth-order valence-corrected chi connectivity index (χ4v) is 0.757. The van der Waals surface area contributed by atoms with Crippen LogP contribution in [-0.4, -0.2) is 12.1 Å². The van der Waals surface area contributed by atoms with E-state index in [0.29, 0.717) is 17.0 Å². The lowest BCUT2D eigenvalue weighted by Gasteiger charge is -2.01. The first-order chi connectivity index (χ1) is 5.77. The minimum Gasteiger partial charge on any atom is -0.495 e. The third kappa shape index (κ3) is 1.61. The summed E-state index contributed by atoms with van der Waals surface area (Å²) in [5.41, 5.74) is 1.15. The second-order valence-electron chi connectivity index (χ2n) is 2.17. The molecule has 0 saturated heterocycles. The Labute approximate surface area is 70.9 Å². The molecule has 60 valence electrons. The number of nitriles is 1. The van der Waals surface area contributed by atoms with Gasteiger partial charge >= 0.3 is 0 Å². The fraction of sp³-hybridized carbons (Fsp3) is 0.111. The van der Waals surface area contributed by atoms with Gasteiger partial charge in [0.25, 0.3) is 0 Å². The van der Waals surface area contributed by atoms with Crippen molar-refractivity contribution in [3.8, 4) is 6.07 Å². The zero-order valence-corrected chi connectivity index (χ0v) is 6.74. The third-order valence-corrected chi connectivity index (χ3v) is 1.42. The molecule has 12 heavy (non-hydrogen) atoms. The Kier molecular flexibility index (Phi) is 2.44. The van der Waals surface area contributed by atoms with Gasteiger partial charge in [0.15, 0.2) is 0 Å². The van der Waals surface area contributed by atoms with Crippen molar-refractivity contribution in [1.82, 2.24) is 4.98 Å². The lowest BCUT2D eigenvalue weighted by Crippen LogP contribution is -1.90. The number of rotatable bonds is 2. The van der Waals surface area contributed by atoms with Crippen molar-refractivity contribution in [2.45, 2.75) is 0 Å². The van der Waals surface area contributed by atoms with Crippen LogP contribution in [0, 0.1) is 11.3 Å². The summed E-state index contributed by atoms with van der Waals surface area (Å²) in [6, 6.07) is 5.27. The molecule has 0 radical (unpaired) electrons. The Bertz CT molecular complexity index is 339. The molecule has 0 aromatic carbocycles. The lowest BCUT2D eigenvalue weighted by molar-refractivity contribution is 0.369. The highest BCUT2D eigenvalue weighted by Gasteiger charge is 1.99. The van der Waals surface area contributed by atoms with Gasteiger partial charge in [0.1, 0.15) is 11.5 Å². The molecular formula is C9H8N2O. The van der Waals surface area contributed by atoms with E-state index >= 15 is 0 Å². The molecule has 3 heteroatoms. The molecular weight excluding hydrogens is 152 g/mol. The molecule has 0 N–H and O–H groups in total. The van der Waals surface area contributed by atoms with E-state index in [-0.39, 0.29) is 0 Å². The average molecular weight is 160 g/mol. The first kappa shape index (κ1) is 8.28. The zero-order valence-electron chi connectivity index (χ0n) is 6.74. The lowest BCUT2D eigenvalue weighted by atomic mass is 10.2. The number of pyridine rings is 1. The van der Waals surface area contributed by atoms with Crippen molar-refractivity contribution in [1.29, 1.82) is 5.26 Å². The van der Waals surface area contributed by atoms with E-state index in [4.69, 9.17) is 10.00 Å². The quantitative estimate of drug-likeness (QED) is 0.617. The Hall–Kier alpha value is -1.82. The molecule has 0 spiro atoms. The van der Waals surface area contributed by atoms with Crippen LogP contribution in [0.3, 0.4) is 0 Å². The van der Waals surface area contributed by atoms with Crippen LogP contribution in [0.1, 0.15) is 11.3 Å². The van der Waals surface area contributed by atoms with Crippen molar-refractivity contribution in [2.75, 3.05) is 7.11 Å². The number of nitrogens with zero attached hydrogens (tertiary/aromatic N) is 2. The summed E-state index contributed by atoms with van der Waals surface area (Å²) < 4.78 is 4.87. The van der Waals surface area contributed by atoms with Crippen molar-refractivity contribution >= 4 is 5.76 Å². The Morgan fingerprint density at radius 1 is 1.75 bits per heavy atom. The number of aromatic nitrogens is 1. The molecule has 0 amide bonds. The molecule has 0 atom stereocenters. The minimum atomic E-state index is 0.465. The van der Waals surface area contributed by atoms with E-state index in [1.807, 2.05) is 6.07 Å². The normalized spacial score (nSPS) is 8.67. The molecule has 1 heterocycles. The van der Waals surface area contributed by atoms with Crippen LogP contribution in [0.2, 0.25) is 0 Å². The summed E-state index contributed by atoms with van der Waals surface area (Å²) in [6.07, 6.45) is 1.55. The standard InChI is InChI=1S/C9H8N2O/c1-7(12-2)9-5-8(6-10)3-4-11-9/h3-5H,1H2,2H3. The maximum Gasteiger partial charge on any atom is 0.137 e. The number of methoxy groups -OCH3 is 1. The predicted octanol–water partition coefficient (Wildman–Crippen LogP) is 1.57. The van der Waals surface area contributed by atoms with Gasteiger partial charge in [0, 0.05) is 6.20 Å². The Morgan fingerprint density at radius 2 is 2.50 bits per heavy atom. The van der Waals surface area contributed by atoms with Gasteiger partial charge in [0.2, 0.25) is 0 Å². The van der Waals surface area contributed by atoms with E-state index in [1.54, 1.807) is 18.3 Å². The third-order valence-electron chi connectivity index (χ3n) is 1.42. The summed E-state index contributed by atoms with van der Waals surface area (Å²) in [5, 5.41) is 8.57. The van der Waals surface area contributed by atoms with E-state index in [2.05, 4.69) is 11.6 Å². The molecule has 0 aliphatic heterocycles. The summed E-state index contributed by atoms with van der Waals surface area (Å²) in [6.45, 7) is 3.62. The Balaban J connectivity index is 3.04. The highest BCUT2D eigenvalue weighted by atomic mass is 16.5. The van der Waals surface area contributed by atoms with Gasteiger partial charge in [-0.3, -0.25) is 4.98 Å². The van der Waals surface area contributed by atoms with E-state index < -0.39 is 0 Å². The summed E-state index contributed by atoms with van der Waals surface area (Å²) in [7, 11) is 1.52. The minimum absolute atomic E-state index is 0.465. The second kappa shape index (κ2) is 3.54. The average Bonchev–Trinajstić information content (AvgIpc) is 2.17. The van der Waals surface area contributed by atoms with Gasteiger partial charge < -0.3 is 4.74 Å². The highest BCUT2D eigenvalue weighted by Crippen LogP contribution is 2.10. The molecule has 0 aliphatic carbocycles. The van der Waals surface area contributed by atoms with Gasteiger partial charge in [-0.2, -0.15) is 5.26 Å². The predicted molar refractivity (Wildman–Crippen MR) is 45.0 cm³/mol. The van der Waals surface area contributed by atoms with Gasteiger partial charge in [-0.25, -0.2) is 0 Å². The van der Waals surface area contributed by atoms with Crippen LogP contribution in [0.25, 0.3) is 5.76 Å². The van der Waals surface area contributed by atoms with E-state index in [0.717, 1.165) is 0 Å². The van der Waals surface area contributed by atoms with Crippen molar-refractivity contribution < 1.29 is 4.74 Å². The monoisotopic (exact) mass is 160 g/mol. The van der Waals surface area contributed by atoms with Crippen LogP contribution in [0.4, 0.5) is 0 Å². The molecule has 0 fully saturated rings. The van der Waals surface area contributed by atoms with Gasteiger partial charge in [-0.1, -0.05) is 6.58 Å². The molecule has 3 nitrogen and oxygen atoms in total. The van der Waals surface area contributed by atoms with Crippen molar-refractivity contribution in [3.63, 3.8) is 0 Å². The van der Waals surface area contributed by atoms with Gasteiger partial charge in [0.05, 0.1) is 18.7 Å². The topological polar surface area (TPSA) is 45.9 Å². The molecule has 0 aliphatic rings. The molecule has 0 unspecified atom stereocenters. The molecule has 0 saturated carbocycles. The zero-order chi connectivity index (χ0) is 8.97. The van der Waals surface area contributed by atoms with Crippen LogP contribution < -0.4 is 0 Å². The van der Waals surface area contributed by atoms with Crippen LogP contribution in [0.15, 0.2) is 24.9 Å². The van der Waals surface area contributed by atoms with Crippen LogP contribution in [-0.2, 0) is 4.74 Å². The second-order valence-corrected chi connectivity index (χ2v) is 2.17. The fourth-order valence-electron chi connectivity index (χ4n) is 0.757. The first-order valence-corrected chi connectivity index (χ1v) is 3.37. The maximum atomic E-state index is 8.57. The SMILES string of the molecule is C=C(OC)c1cc(C#N)ccn1. The van der Waals surface area contributed by atoms with Crippen LogP contribution >= 0.6 is 0 Å². The number of hydrogen-bond acceptors (Lipinski definition) is 3. The van der Waals surface area contributed by atoms with E-state index in [1.165, 1.54) is 7.11 Å². The summed E-state index contributed by atoms with van der Waals surface area (Å²) in [5.74, 6) is 0.465. The molecule has 0 bridgehead atoms.